The van der Waals surface area contributed by atoms with Gasteiger partial charge in [0.1, 0.15) is 6.04 Å². The number of hydrogen-bond donors (Lipinski definition) is 2. The number of nitrogens with one attached hydrogen (secondary N) is 2. The highest BCUT2D eigenvalue weighted by Gasteiger charge is 2.12. The second kappa shape index (κ2) is 5.56. The number of hydrogen-bond acceptors (Lipinski definition) is 2. The molecule has 0 aliphatic rings. The van der Waals surface area contributed by atoms with Crippen molar-refractivity contribution in [3.63, 3.8) is 0 Å². The fraction of sp³-hybridized carbons (Fsp3) is 0.778. The van der Waals surface area contributed by atoms with Crippen LogP contribution in [-0.2, 0) is 9.59 Å². The molecule has 2 amide bonds. The summed E-state index contributed by atoms with van der Waals surface area (Å²) < 4.78 is 0. The summed E-state index contributed by atoms with van der Waals surface area (Å²) in [5.41, 5.74) is 0. The van der Waals surface area contributed by atoms with Gasteiger partial charge in [-0.2, -0.15) is 0 Å². The maximum absolute atomic E-state index is 11.3. The van der Waals surface area contributed by atoms with Crippen LogP contribution in [-0.4, -0.2) is 24.4 Å². The fourth-order valence-electron chi connectivity index (χ4n) is 0.828. The standard InChI is InChI=1S/C9H18N2O2/c1-6(2)5-10-9(13)7(3)11-8(4)12/h6-7H,5H2,1-4H3,(H,10,13)(H,11,12). The van der Waals surface area contributed by atoms with E-state index in [9.17, 15) is 9.59 Å². The molecule has 0 aromatic heterocycles. The van der Waals surface area contributed by atoms with E-state index in [2.05, 4.69) is 10.6 Å². The zero-order valence-corrected chi connectivity index (χ0v) is 8.68. The molecule has 0 aromatic rings. The van der Waals surface area contributed by atoms with Crippen molar-refractivity contribution in [2.75, 3.05) is 6.54 Å². The first kappa shape index (κ1) is 11.9. The highest BCUT2D eigenvalue weighted by molar-refractivity contribution is 5.86. The van der Waals surface area contributed by atoms with Crippen LogP contribution in [0.4, 0.5) is 0 Å². The fourth-order valence-corrected chi connectivity index (χ4v) is 0.828. The third kappa shape index (κ3) is 6.13. The first-order valence-corrected chi connectivity index (χ1v) is 4.48. The molecule has 1 unspecified atom stereocenters. The van der Waals surface area contributed by atoms with Gasteiger partial charge in [0, 0.05) is 13.5 Å². The van der Waals surface area contributed by atoms with Gasteiger partial charge in [-0.05, 0) is 12.8 Å². The van der Waals surface area contributed by atoms with Gasteiger partial charge in [0.15, 0.2) is 0 Å². The van der Waals surface area contributed by atoms with Crippen LogP contribution in [0.2, 0.25) is 0 Å². The Balaban J connectivity index is 3.76. The van der Waals surface area contributed by atoms with Crippen LogP contribution in [0.3, 0.4) is 0 Å². The molecule has 0 rings (SSSR count). The maximum atomic E-state index is 11.3. The second-order valence-electron chi connectivity index (χ2n) is 3.56. The van der Waals surface area contributed by atoms with Crippen LogP contribution in [0, 0.1) is 5.92 Å². The van der Waals surface area contributed by atoms with Crippen molar-refractivity contribution in [1.29, 1.82) is 0 Å². The maximum Gasteiger partial charge on any atom is 0.242 e. The summed E-state index contributed by atoms with van der Waals surface area (Å²) in [7, 11) is 0. The molecule has 0 fully saturated rings. The molecule has 0 saturated carbocycles. The van der Waals surface area contributed by atoms with Crippen molar-refractivity contribution >= 4 is 11.8 Å². The normalized spacial score (nSPS) is 12.4. The Morgan fingerprint density at radius 1 is 1.23 bits per heavy atom. The minimum atomic E-state index is -0.448. The highest BCUT2D eigenvalue weighted by Crippen LogP contribution is 1.88. The molecule has 13 heavy (non-hydrogen) atoms. The van der Waals surface area contributed by atoms with E-state index >= 15 is 0 Å². The zero-order chi connectivity index (χ0) is 10.4. The summed E-state index contributed by atoms with van der Waals surface area (Å²) in [6.45, 7) is 7.73. The number of carbonyl (C=O) groups is 2. The first-order valence-electron chi connectivity index (χ1n) is 4.48. The SMILES string of the molecule is CC(=O)NC(C)C(=O)NCC(C)C. The number of carbonyl (C=O) groups excluding carboxylic acids is 2. The van der Waals surface area contributed by atoms with Crippen molar-refractivity contribution in [2.24, 2.45) is 5.92 Å². The Morgan fingerprint density at radius 2 is 1.77 bits per heavy atom. The Hall–Kier alpha value is -1.06. The summed E-state index contributed by atoms with van der Waals surface area (Å²) in [5, 5.41) is 5.25. The molecule has 0 aliphatic carbocycles. The largest absolute Gasteiger partial charge is 0.354 e. The summed E-state index contributed by atoms with van der Waals surface area (Å²) >= 11 is 0. The summed E-state index contributed by atoms with van der Waals surface area (Å²) in [6, 6.07) is -0.448. The minimum Gasteiger partial charge on any atom is -0.354 e. The van der Waals surface area contributed by atoms with Crippen LogP contribution in [0.1, 0.15) is 27.7 Å². The lowest BCUT2D eigenvalue weighted by atomic mass is 10.2. The van der Waals surface area contributed by atoms with E-state index in [-0.39, 0.29) is 11.8 Å². The lowest BCUT2D eigenvalue weighted by Crippen LogP contribution is -2.44. The van der Waals surface area contributed by atoms with Crippen LogP contribution in [0.25, 0.3) is 0 Å². The Bertz CT molecular complexity index is 190. The van der Waals surface area contributed by atoms with Crippen molar-refractivity contribution in [3.05, 3.63) is 0 Å². The number of rotatable bonds is 4. The van der Waals surface area contributed by atoms with Crippen LogP contribution < -0.4 is 10.6 Å². The summed E-state index contributed by atoms with van der Waals surface area (Å²) in [4.78, 5) is 21.9. The van der Waals surface area contributed by atoms with Gasteiger partial charge in [-0.15, -0.1) is 0 Å². The van der Waals surface area contributed by atoms with Gasteiger partial charge in [0.25, 0.3) is 0 Å². The molecule has 0 heterocycles. The monoisotopic (exact) mass is 186 g/mol. The zero-order valence-electron chi connectivity index (χ0n) is 8.68. The molecule has 76 valence electrons. The van der Waals surface area contributed by atoms with Crippen LogP contribution >= 0.6 is 0 Å². The lowest BCUT2D eigenvalue weighted by molar-refractivity contribution is -0.127. The third-order valence-electron chi connectivity index (χ3n) is 1.50. The molecule has 0 aromatic carbocycles. The van der Waals surface area contributed by atoms with Gasteiger partial charge in [0.05, 0.1) is 0 Å². The summed E-state index contributed by atoms with van der Waals surface area (Å²) in [5.74, 6) is 0.101. The quantitative estimate of drug-likeness (QED) is 0.662. The van der Waals surface area contributed by atoms with Gasteiger partial charge in [-0.3, -0.25) is 9.59 Å². The van der Waals surface area contributed by atoms with Gasteiger partial charge in [0.2, 0.25) is 11.8 Å². The van der Waals surface area contributed by atoms with Crippen molar-refractivity contribution in [3.8, 4) is 0 Å². The Labute approximate surface area is 79.1 Å². The second-order valence-corrected chi connectivity index (χ2v) is 3.56. The summed E-state index contributed by atoms with van der Waals surface area (Å²) in [6.07, 6.45) is 0. The molecule has 0 saturated heterocycles. The van der Waals surface area contributed by atoms with E-state index in [0.29, 0.717) is 12.5 Å². The van der Waals surface area contributed by atoms with E-state index < -0.39 is 6.04 Å². The third-order valence-corrected chi connectivity index (χ3v) is 1.50. The van der Waals surface area contributed by atoms with Crippen molar-refractivity contribution in [2.45, 2.75) is 33.7 Å². The van der Waals surface area contributed by atoms with E-state index in [4.69, 9.17) is 0 Å². The lowest BCUT2D eigenvalue weighted by Gasteiger charge is -2.13. The topological polar surface area (TPSA) is 58.2 Å². The molecule has 0 radical (unpaired) electrons. The molecule has 0 bridgehead atoms. The predicted molar refractivity (Wildman–Crippen MR) is 51.1 cm³/mol. The van der Waals surface area contributed by atoms with Crippen molar-refractivity contribution in [1.82, 2.24) is 10.6 Å². The van der Waals surface area contributed by atoms with Crippen molar-refractivity contribution < 1.29 is 9.59 Å². The van der Waals surface area contributed by atoms with E-state index in [0.717, 1.165) is 0 Å². The van der Waals surface area contributed by atoms with E-state index in [1.807, 2.05) is 13.8 Å². The molecule has 0 aliphatic heterocycles. The Kier molecular flexibility index (Phi) is 5.11. The average Bonchev–Trinajstić information content (AvgIpc) is 1.98. The van der Waals surface area contributed by atoms with Gasteiger partial charge in [-0.25, -0.2) is 0 Å². The van der Waals surface area contributed by atoms with Gasteiger partial charge < -0.3 is 10.6 Å². The highest BCUT2D eigenvalue weighted by atomic mass is 16.2. The molecule has 0 spiro atoms. The van der Waals surface area contributed by atoms with Gasteiger partial charge >= 0.3 is 0 Å². The Morgan fingerprint density at radius 3 is 2.15 bits per heavy atom. The molecule has 4 nitrogen and oxygen atoms in total. The van der Waals surface area contributed by atoms with Crippen LogP contribution in [0.15, 0.2) is 0 Å². The van der Waals surface area contributed by atoms with E-state index in [1.165, 1.54) is 6.92 Å². The first-order chi connectivity index (χ1) is 5.93. The average molecular weight is 186 g/mol. The smallest absolute Gasteiger partial charge is 0.242 e. The molecule has 4 heteroatoms. The number of amides is 2. The van der Waals surface area contributed by atoms with Crippen LogP contribution in [0.5, 0.6) is 0 Å². The van der Waals surface area contributed by atoms with E-state index in [1.54, 1.807) is 6.92 Å². The predicted octanol–water partition coefficient (Wildman–Crippen LogP) is 0.283. The molecule has 2 N–H and O–H groups in total. The molecular weight excluding hydrogens is 168 g/mol. The molecular formula is C9H18N2O2. The molecule has 1 atom stereocenters. The van der Waals surface area contributed by atoms with Gasteiger partial charge in [-0.1, -0.05) is 13.8 Å². The minimum absolute atomic E-state index is 0.135.